The van der Waals surface area contributed by atoms with Gasteiger partial charge in [-0.05, 0) is 89.3 Å². The van der Waals surface area contributed by atoms with E-state index in [1.165, 1.54) is 0 Å². The van der Waals surface area contributed by atoms with Crippen LogP contribution in [0.4, 0.5) is 5.69 Å². The number of amides is 1. The first-order valence-electron chi connectivity index (χ1n) is 11.4. The molecule has 0 radical (unpaired) electrons. The minimum atomic E-state index is -1.12. The van der Waals surface area contributed by atoms with E-state index in [1.807, 2.05) is 24.3 Å². The summed E-state index contributed by atoms with van der Waals surface area (Å²) in [4.78, 5) is 23.9. The van der Waals surface area contributed by atoms with Gasteiger partial charge in [-0.25, -0.2) is 4.79 Å². The number of carbonyl (C=O) groups excluding carboxylic acids is 1. The van der Waals surface area contributed by atoms with Crippen molar-refractivity contribution in [2.45, 2.75) is 44.3 Å². The Hall–Kier alpha value is -3.36. The van der Waals surface area contributed by atoms with Gasteiger partial charge in [0.05, 0.1) is 23.8 Å². The van der Waals surface area contributed by atoms with Crippen molar-refractivity contribution < 1.29 is 29.3 Å². The molecule has 1 saturated carbocycles. The molecule has 182 valence electrons. The summed E-state index contributed by atoms with van der Waals surface area (Å²) in [7, 11) is 0. The number of carboxylic acids is 1. The molecule has 7 nitrogen and oxygen atoms in total. The third kappa shape index (κ3) is 6.83. The normalized spacial score (nSPS) is 17.4. The predicted octanol–water partition coefficient (Wildman–Crippen LogP) is 5.80. The fourth-order valence-electron chi connectivity index (χ4n) is 4.04. The van der Waals surface area contributed by atoms with Crippen LogP contribution in [0.25, 0.3) is 0 Å². The van der Waals surface area contributed by atoms with Crippen LogP contribution in [0.1, 0.15) is 41.6 Å². The zero-order valence-corrected chi connectivity index (χ0v) is 20.5. The van der Waals surface area contributed by atoms with Crippen LogP contribution in [0.3, 0.4) is 0 Å². The van der Waals surface area contributed by atoms with Gasteiger partial charge in [-0.15, -0.1) is 0 Å². The van der Waals surface area contributed by atoms with E-state index in [0.29, 0.717) is 22.4 Å². The Morgan fingerprint density at radius 2 is 1.60 bits per heavy atom. The molecule has 0 heterocycles. The molecule has 3 N–H and O–H groups in total. The van der Waals surface area contributed by atoms with Gasteiger partial charge >= 0.3 is 5.97 Å². The van der Waals surface area contributed by atoms with Gasteiger partial charge < -0.3 is 25.0 Å². The maximum absolute atomic E-state index is 12.5. The van der Waals surface area contributed by atoms with Gasteiger partial charge in [-0.2, -0.15) is 0 Å². The Labute approximate surface area is 211 Å². The third-order valence-corrected chi connectivity index (χ3v) is 6.41. The van der Waals surface area contributed by atoms with Crippen LogP contribution in [0.5, 0.6) is 17.2 Å². The molecule has 1 fully saturated rings. The molecular formula is C27H26BrNO6. The van der Waals surface area contributed by atoms with Crippen molar-refractivity contribution in [2.75, 3.05) is 5.32 Å². The molecule has 0 aromatic heterocycles. The summed E-state index contributed by atoms with van der Waals surface area (Å²) in [5.41, 5.74) is 1.02. The molecule has 2 atom stereocenters. The van der Waals surface area contributed by atoms with E-state index < -0.39 is 5.97 Å². The minimum Gasteiger partial charge on any atom is -0.490 e. The summed E-state index contributed by atoms with van der Waals surface area (Å²) in [6.45, 7) is 0. The number of aliphatic hydroxyl groups is 1. The van der Waals surface area contributed by atoms with E-state index in [0.717, 1.165) is 30.6 Å². The van der Waals surface area contributed by atoms with Crippen molar-refractivity contribution in [3.05, 3.63) is 82.3 Å². The summed E-state index contributed by atoms with van der Waals surface area (Å²) < 4.78 is 12.2. The molecule has 1 amide bonds. The molecule has 3 aromatic rings. The SMILES string of the molecule is O=C(Cc1ccc(Oc2ccc(OC3CCCC(O)C3)cc2)cc1)Nc1cccc(Br)c1C(=O)O. The van der Waals surface area contributed by atoms with Crippen molar-refractivity contribution in [3.63, 3.8) is 0 Å². The Morgan fingerprint density at radius 1 is 0.943 bits per heavy atom. The number of aromatic carboxylic acids is 1. The van der Waals surface area contributed by atoms with E-state index in [1.54, 1.807) is 42.5 Å². The van der Waals surface area contributed by atoms with Gasteiger partial charge in [0.25, 0.3) is 0 Å². The fraction of sp³-hybridized carbons (Fsp3) is 0.259. The highest BCUT2D eigenvalue weighted by molar-refractivity contribution is 9.10. The molecule has 1 aliphatic carbocycles. The van der Waals surface area contributed by atoms with Gasteiger partial charge in [-0.1, -0.05) is 18.2 Å². The van der Waals surface area contributed by atoms with E-state index in [2.05, 4.69) is 21.2 Å². The molecule has 3 aromatic carbocycles. The Kier molecular flexibility index (Phi) is 8.05. The smallest absolute Gasteiger partial charge is 0.338 e. The highest BCUT2D eigenvalue weighted by atomic mass is 79.9. The van der Waals surface area contributed by atoms with Gasteiger partial charge in [-0.3, -0.25) is 4.79 Å². The Morgan fingerprint density at radius 3 is 2.26 bits per heavy atom. The first-order chi connectivity index (χ1) is 16.9. The summed E-state index contributed by atoms with van der Waals surface area (Å²) in [5.74, 6) is 0.581. The number of benzene rings is 3. The molecule has 0 spiro atoms. The lowest BCUT2D eigenvalue weighted by Gasteiger charge is -2.26. The topological polar surface area (TPSA) is 105 Å². The van der Waals surface area contributed by atoms with E-state index in [-0.39, 0.29) is 35.8 Å². The van der Waals surface area contributed by atoms with Crippen LogP contribution >= 0.6 is 15.9 Å². The van der Waals surface area contributed by atoms with Crippen LogP contribution in [-0.4, -0.2) is 34.3 Å². The molecular weight excluding hydrogens is 514 g/mol. The first kappa shape index (κ1) is 24.8. The largest absolute Gasteiger partial charge is 0.490 e. The molecule has 2 unspecified atom stereocenters. The molecule has 8 heteroatoms. The first-order valence-corrected chi connectivity index (χ1v) is 12.2. The van der Waals surface area contributed by atoms with Crippen molar-refractivity contribution in [3.8, 4) is 17.2 Å². The average molecular weight is 540 g/mol. The van der Waals surface area contributed by atoms with Crippen LogP contribution in [0.15, 0.2) is 71.2 Å². The fourth-order valence-corrected chi connectivity index (χ4v) is 4.58. The number of nitrogens with one attached hydrogen (secondary N) is 1. The molecule has 0 bridgehead atoms. The summed E-state index contributed by atoms with van der Waals surface area (Å²) in [6, 6.07) is 19.3. The number of aliphatic hydroxyl groups excluding tert-OH is 1. The maximum atomic E-state index is 12.5. The van der Waals surface area contributed by atoms with Crippen LogP contribution in [0, 0.1) is 0 Å². The van der Waals surface area contributed by atoms with Crippen molar-refractivity contribution in [1.29, 1.82) is 0 Å². The highest BCUT2D eigenvalue weighted by Crippen LogP contribution is 2.28. The average Bonchev–Trinajstić information content (AvgIpc) is 2.81. The summed E-state index contributed by atoms with van der Waals surface area (Å²) in [5, 5.41) is 21.8. The molecule has 0 saturated heterocycles. The lowest BCUT2D eigenvalue weighted by atomic mass is 9.95. The van der Waals surface area contributed by atoms with E-state index in [4.69, 9.17) is 9.47 Å². The number of carbonyl (C=O) groups is 2. The van der Waals surface area contributed by atoms with Crippen LogP contribution in [-0.2, 0) is 11.2 Å². The zero-order chi connectivity index (χ0) is 24.8. The van der Waals surface area contributed by atoms with Crippen molar-refractivity contribution >= 4 is 33.5 Å². The number of ether oxygens (including phenoxy) is 2. The number of halogens is 1. The van der Waals surface area contributed by atoms with E-state index >= 15 is 0 Å². The molecule has 35 heavy (non-hydrogen) atoms. The van der Waals surface area contributed by atoms with Gasteiger partial charge in [0.2, 0.25) is 5.91 Å². The lowest BCUT2D eigenvalue weighted by Crippen LogP contribution is -2.28. The van der Waals surface area contributed by atoms with Crippen LogP contribution in [0.2, 0.25) is 0 Å². The quantitative estimate of drug-likeness (QED) is 0.334. The number of rotatable bonds is 8. The van der Waals surface area contributed by atoms with Gasteiger partial charge in [0.15, 0.2) is 0 Å². The van der Waals surface area contributed by atoms with Gasteiger partial charge in [0, 0.05) is 10.9 Å². The number of anilines is 1. The molecule has 4 rings (SSSR count). The van der Waals surface area contributed by atoms with Crippen molar-refractivity contribution in [1.82, 2.24) is 0 Å². The predicted molar refractivity (Wildman–Crippen MR) is 135 cm³/mol. The maximum Gasteiger partial charge on any atom is 0.338 e. The number of hydrogen-bond donors (Lipinski definition) is 3. The third-order valence-electron chi connectivity index (χ3n) is 5.75. The Balaban J connectivity index is 1.31. The lowest BCUT2D eigenvalue weighted by molar-refractivity contribution is -0.115. The summed E-state index contributed by atoms with van der Waals surface area (Å²) >= 11 is 3.21. The van der Waals surface area contributed by atoms with Gasteiger partial charge in [0.1, 0.15) is 23.4 Å². The van der Waals surface area contributed by atoms with Crippen LogP contribution < -0.4 is 14.8 Å². The highest BCUT2D eigenvalue weighted by Gasteiger charge is 2.21. The summed E-state index contributed by atoms with van der Waals surface area (Å²) in [6.07, 6.45) is 3.26. The molecule has 0 aliphatic heterocycles. The number of hydrogen-bond acceptors (Lipinski definition) is 5. The van der Waals surface area contributed by atoms with Crippen molar-refractivity contribution in [2.24, 2.45) is 0 Å². The standard InChI is InChI=1S/C27H26BrNO6/c28-23-5-2-6-24(26(23)27(32)33)29-25(31)15-17-7-9-19(10-8-17)34-20-11-13-21(14-12-20)35-22-4-1-3-18(30)16-22/h2,5-14,18,22,30H,1,3-4,15-16H2,(H,29,31)(H,32,33). The minimum absolute atomic E-state index is 0.0114. The second-order valence-electron chi connectivity index (χ2n) is 8.47. The van der Waals surface area contributed by atoms with E-state index in [9.17, 15) is 19.8 Å². The second-order valence-corrected chi connectivity index (χ2v) is 9.32. The molecule has 1 aliphatic rings. The Bertz CT molecular complexity index is 1180. The monoisotopic (exact) mass is 539 g/mol. The second kappa shape index (κ2) is 11.4. The zero-order valence-electron chi connectivity index (χ0n) is 18.9. The number of carboxylic acid groups (broad SMARTS) is 1.